The Hall–Kier alpha value is -1.81. The summed E-state index contributed by atoms with van der Waals surface area (Å²) in [5, 5.41) is 9.56. The first kappa shape index (κ1) is 16.1. The minimum absolute atomic E-state index is 0.00236. The molecule has 0 bridgehead atoms. The van der Waals surface area contributed by atoms with Gasteiger partial charge in [0.25, 0.3) is 5.56 Å². The van der Waals surface area contributed by atoms with Crippen LogP contribution >= 0.6 is 33.9 Å². The van der Waals surface area contributed by atoms with E-state index in [9.17, 15) is 19.1 Å². The maximum Gasteiger partial charge on any atom is 0.339 e. The SMILES string of the molecule is Cn1c(Cc2ccc(I)cc2F)c(C(=O)O)c2scnc2c1=O. The normalized spacial score (nSPS) is 11.1. The van der Waals surface area contributed by atoms with E-state index in [4.69, 9.17) is 0 Å². The maximum atomic E-state index is 14.1. The number of hydrogen-bond acceptors (Lipinski definition) is 4. The van der Waals surface area contributed by atoms with E-state index < -0.39 is 11.8 Å². The molecule has 0 fully saturated rings. The Morgan fingerprint density at radius 1 is 1.48 bits per heavy atom. The summed E-state index contributed by atoms with van der Waals surface area (Å²) < 4.78 is 16.4. The van der Waals surface area contributed by atoms with E-state index in [1.807, 2.05) is 22.6 Å². The summed E-state index contributed by atoms with van der Waals surface area (Å²) in [5.74, 6) is -1.58. The second-order valence-corrected chi connectivity index (χ2v) is 7.03. The summed E-state index contributed by atoms with van der Waals surface area (Å²) in [6.45, 7) is 0. The average Bonchev–Trinajstić information content (AvgIpc) is 2.96. The molecule has 0 saturated heterocycles. The topological polar surface area (TPSA) is 72.2 Å². The zero-order valence-corrected chi connectivity index (χ0v) is 14.8. The third-order valence-corrected chi connectivity index (χ3v) is 5.10. The highest BCUT2D eigenvalue weighted by Gasteiger charge is 2.22. The average molecular weight is 444 g/mol. The molecule has 0 atom stereocenters. The molecule has 0 saturated carbocycles. The molecule has 3 aromatic rings. The van der Waals surface area contributed by atoms with Gasteiger partial charge in [0, 0.05) is 22.7 Å². The predicted octanol–water partition coefficient (Wildman–Crippen LogP) is 3.03. The smallest absolute Gasteiger partial charge is 0.339 e. The number of thiazole rings is 1. The lowest BCUT2D eigenvalue weighted by Crippen LogP contribution is -2.24. The lowest BCUT2D eigenvalue weighted by atomic mass is 10.0. The van der Waals surface area contributed by atoms with E-state index in [-0.39, 0.29) is 28.8 Å². The lowest BCUT2D eigenvalue weighted by Gasteiger charge is -2.13. The Morgan fingerprint density at radius 3 is 2.87 bits per heavy atom. The Balaban J connectivity index is 2.27. The van der Waals surface area contributed by atoms with Crippen molar-refractivity contribution in [3.63, 3.8) is 0 Å². The third kappa shape index (κ3) is 2.76. The van der Waals surface area contributed by atoms with Crippen molar-refractivity contribution >= 4 is 50.1 Å². The fourth-order valence-corrected chi connectivity index (χ4v) is 3.72. The molecule has 0 aliphatic heterocycles. The first-order valence-corrected chi connectivity index (χ1v) is 8.48. The molecule has 0 unspecified atom stereocenters. The van der Waals surface area contributed by atoms with Gasteiger partial charge in [0.15, 0.2) is 0 Å². The summed E-state index contributed by atoms with van der Waals surface area (Å²) >= 11 is 3.09. The minimum atomic E-state index is -1.16. The maximum absolute atomic E-state index is 14.1. The van der Waals surface area contributed by atoms with Gasteiger partial charge in [0.2, 0.25) is 0 Å². The Kier molecular flexibility index (Phi) is 4.19. The quantitative estimate of drug-likeness (QED) is 0.631. The lowest BCUT2D eigenvalue weighted by molar-refractivity contribution is 0.0697. The number of carbonyl (C=O) groups is 1. The van der Waals surface area contributed by atoms with Gasteiger partial charge in [0.05, 0.1) is 15.8 Å². The molecule has 0 spiro atoms. The summed E-state index contributed by atoms with van der Waals surface area (Å²) in [4.78, 5) is 28.0. The fourth-order valence-electron chi connectivity index (χ4n) is 2.43. The van der Waals surface area contributed by atoms with Gasteiger partial charge in [-0.15, -0.1) is 11.3 Å². The van der Waals surface area contributed by atoms with Gasteiger partial charge < -0.3 is 9.67 Å². The van der Waals surface area contributed by atoms with Crippen LogP contribution in [0.2, 0.25) is 0 Å². The highest BCUT2D eigenvalue weighted by Crippen LogP contribution is 2.25. The van der Waals surface area contributed by atoms with Gasteiger partial charge in [-0.25, -0.2) is 14.2 Å². The van der Waals surface area contributed by atoms with Gasteiger partial charge in [-0.1, -0.05) is 6.07 Å². The highest BCUT2D eigenvalue weighted by atomic mass is 127. The molecule has 2 aromatic heterocycles. The van der Waals surface area contributed by atoms with E-state index >= 15 is 0 Å². The second-order valence-electron chi connectivity index (χ2n) is 4.93. The van der Waals surface area contributed by atoms with Crippen molar-refractivity contribution in [2.24, 2.45) is 7.05 Å². The first-order chi connectivity index (χ1) is 10.9. The molecule has 1 N–H and O–H groups in total. The van der Waals surface area contributed by atoms with Crippen molar-refractivity contribution in [3.05, 3.63) is 60.3 Å². The number of benzene rings is 1. The van der Waals surface area contributed by atoms with Crippen molar-refractivity contribution in [3.8, 4) is 0 Å². The molecule has 8 heteroatoms. The third-order valence-electron chi connectivity index (χ3n) is 3.58. The molecule has 3 rings (SSSR count). The summed E-state index contributed by atoms with van der Waals surface area (Å²) in [6, 6.07) is 4.71. The molecule has 5 nitrogen and oxygen atoms in total. The van der Waals surface area contributed by atoms with Crippen molar-refractivity contribution in [1.29, 1.82) is 0 Å². The number of nitrogens with zero attached hydrogens (tertiary/aromatic N) is 2. The largest absolute Gasteiger partial charge is 0.478 e. The first-order valence-electron chi connectivity index (χ1n) is 6.52. The van der Waals surface area contributed by atoms with Crippen molar-refractivity contribution in [2.75, 3.05) is 0 Å². The van der Waals surface area contributed by atoms with E-state index in [0.717, 1.165) is 14.9 Å². The second kappa shape index (κ2) is 6.00. The number of carboxylic acid groups (broad SMARTS) is 1. The standard InChI is InChI=1S/C15H10FIN2O3S/c1-19-10(4-7-2-3-8(17)5-9(7)16)11(15(21)22)13-12(14(19)20)18-6-23-13/h2-3,5-6H,4H2,1H3,(H,21,22). The number of rotatable bonds is 3. The summed E-state index contributed by atoms with van der Waals surface area (Å²) in [6.07, 6.45) is 0.0178. The van der Waals surface area contributed by atoms with Crippen LogP contribution < -0.4 is 5.56 Å². The Bertz CT molecular complexity index is 996. The minimum Gasteiger partial charge on any atom is -0.478 e. The van der Waals surface area contributed by atoms with Crippen LogP contribution in [0.25, 0.3) is 10.2 Å². The van der Waals surface area contributed by atoms with Gasteiger partial charge in [-0.3, -0.25) is 4.79 Å². The van der Waals surface area contributed by atoms with Gasteiger partial charge in [-0.05, 0) is 40.3 Å². The molecule has 1 aromatic carbocycles. The van der Waals surface area contributed by atoms with Crippen LogP contribution in [-0.2, 0) is 13.5 Å². The zero-order valence-electron chi connectivity index (χ0n) is 11.8. The number of carboxylic acids is 1. The van der Waals surface area contributed by atoms with Crippen LogP contribution in [0.4, 0.5) is 4.39 Å². The van der Waals surface area contributed by atoms with E-state index in [0.29, 0.717) is 10.3 Å². The van der Waals surface area contributed by atoms with Crippen LogP contribution in [0.1, 0.15) is 21.6 Å². The molecule has 118 valence electrons. The number of aromatic nitrogens is 2. The van der Waals surface area contributed by atoms with Crippen LogP contribution in [0.5, 0.6) is 0 Å². The van der Waals surface area contributed by atoms with Gasteiger partial charge in [-0.2, -0.15) is 0 Å². The molecular formula is C15H10FIN2O3S. The summed E-state index contributed by atoms with van der Waals surface area (Å²) in [7, 11) is 1.48. The van der Waals surface area contributed by atoms with Crippen LogP contribution in [0.15, 0.2) is 28.5 Å². The van der Waals surface area contributed by atoms with E-state index in [1.165, 1.54) is 23.2 Å². The molecule has 0 amide bonds. The van der Waals surface area contributed by atoms with Crippen molar-refractivity contribution in [1.82, 2.24) is 9.55 Å². The molecule has 0 radical (unpaired) electrons. The number of hydrogen-bond donors (Lipinski definition) is 1. The van der Waals surface area contributed by atoms with Crippen molar-refractivity contribution in [2.45, 2.75) is 6.42 Å². The number of fused-ring (bicyclic) bond motifs is 1. The molecule has 2 heterocycles. The zero-order chi connectivity index (χ0) is 16.7. The van der Waals surface area contributed by atoms with E-state index in [1.54, 1.807) is 12.1 Å². The van der Waals surface area contributed by atoms with Gasteiger partial charge >= 0.3 is 5.97 Å². The Labute approximate surface area is 147 Å². The number of halogens is 2. The molecular weight excluding hydrogens is 434 g/mol. The summed E-state index contributed by atoms with van der Waals surface area (Å²) in [5.41, 5.74) is 1.79. The number of pyridine rings is 1. The molecule has 0 aliphatic rings. The molecule has 0 aliphatic carbocycles. The van der Waals surface area contributed by atoms with Crippen molar-refractivity contribution < 1.29 is 14.3 Å². The fraction of sp³-hybridized carbons (Fsp3) is 0.133. The van der Waals surface area contributed by atoms with Crippen LogP contribution in [-0.4, -0.2) is 20.6 Å². The van der Waals surface area contributed by atoms with Crippen LogP contribution in [0, 0.1) is 9.39 Å². The monoisotopic (exact) mass is 444 g/mol. The highest BCUT2D eigenvalue weighted by molar-refractivity contribution is 14.1. The van der Waals surface area contributed by atoms with E-state index in [2.05, 4.69) is 4.98 Å². The number of aromatic carboxylic acids is 1. The van der Waals surface area contributed by atoms with Crippen LogP contribution in [0.3, 0.4) is 0 Å². The molecule has 23 heavy (non-hydrogen) atoms. The predicted molar refractivity (Wildman–Crippen MR) is 93.7 cm³/mol. The van der Waals surface area contributed by atoms with Gasteiger partial charge in [0.1, 0.15) is 11.3 Å². The Morgan fingerprint density at radius 2 is 2.22 bits per heavy atom.